The largest absolute Gasteiger partial charge is 0.507 e. The molecule has 1 heterocycles. The zero-order valence-corrected chi connectivity index (χ0v) is 15.1. The Labute approximate surface area is 148 Å². The molecule has 0 spiro atoms. The molecule has 0 unspecified atom stereocenters. The monoisotopic (exact) mass is 344 g/mol. The fourth-order valence-electron chi connectivity index (χ4n) is 3.06. The average Bonchev–Trinajstić information content (AvgIpc) is 2.59. The molecule has 1 aromatic heterocycles. The van der Waals surface area contributed by atoms with E-state index in [1.165, 1.54) is 44.9 Å². The van der Waals surface area contributed by atoms with Crippen LogP contribution in [0.15, 0.2) is 33.5 Å². The van der Waals surface area contributed by atoms with E-state index in [1.807, 2.05) is 0 Å². The topological polar surface area (TPSA) is 67.5 Å². The van der Waals surface area contributed by atoms with Crippen LogP contribution in [0.2, 0.25) is 0 Å². The van der Waals surface area contributed by atoms with E-state index in [1.54, 1.807) is 18.2 Å². The number of carbonyl (C=O) groups is 1. The zero-order chi connectivity index (χ0) is 18.1. The number of hydrogen-bond acceptors (Lipinski definition) is 4. The summed E-state index contributed by atoms with van der Waals surface area (Å²) >= 11 is 0. The quantitative estimate of drug-likeness (QED) is 0.327. The lowest BCUT2D eigenvalue weighted by Crippen LogP contribution is -2.00. The fraction of sp³-hybridized carbons (Fsp3) is 0.524. The van der Waals surface area contributed by atoms with Crippen LogP contribution in [-0.2, 0) is 0 Å². The summed E-state index contributed by atoms with van der Waals surface area (Å²) in [4.78, 5) is 23.6. The van der Waals surface area contributed by atoms with Gasteiger partial charge in [0.15, 0.2) is 5.78 Å². The minimum Gasteiger partial charge on any atom is -0.507 e. The number of aromatic hydroxyl groups is 1. The Morgan fingerprint density at radius 1 is 0.960 bits per heavy atom. The second kappa shape index (κ2) is 10.0. The first kappa shape index (κ1) is 19.2. The molecule has 1 N–H and O–H groups in total. The van der Waals surface area contributed by atoms with Crippen LogP contribution in [0.25, 0.3) is 11.0 Å². The van der Waals surface area contributed by atoms with E-state index in [2.05, 4.69) is 6.92 Å². The van der Waals surface area contributed by atoms with Gasteiger partial charge in [-0.25, -0.2) is 4.79 Å². The molecule has 2 aromatic rings. The van der Waals surface area contributed by atoms with Gasteiger partial charge in [-0.2, -0.15) is 0 Å². The van der Waals surface area contributed by atoms with Crippen LogP contribution in [0.4, 0.5) is 0 Å². The highest BCUT2D eigenvalue weighted by Crippen LogP contribution is 2.24. The number of benzene rings is 1. The summed E-state index contributed by atoms with van der Waals surface area (Å²) in [5.41, 5.74) is 0.164. The maximum Gasteiger partial charge on any atom is 0.339 e. The first-order valence-corrected chi connectivity index (χ1v) is 9.42. The number of hydrogen-bond donors (Lipinski definition) is 1. The molecule has 0 fully saturated rings. The third kappa shape index (κ3) is 6.04. The van der Waals surface area contributed by atoms with Crippen molar-refractivity contribution >= 4 is 16.8 Å². The lowest BCUT2D eigenvalue weighted by Gasteiger charge is -2.04. The minimum absolute atomic E-state index is 0.0517. The van der Waals surface area contributed by atoms with Crippen LogP contribution < -0.4 is 5.63 Å². The Balaban J connectivity index is 1.76. The standard InChI is InChI=1S/C21H28O4/c1-2-3-4-5-6-7-8-9-10-11-18(22)16-12-13-17-19(23)15-21(24)25-20(17)14-16/h12-15,23H,2-11H2,1H3. The first-order valence-electron chi connectivity index (χ1n) is 9.42. The lowest BCUT2D eigenvalue weighted by atomic mass is 10.0. The molecule has 0 saturated heterocycles. The molecule has 0 saturated carbocycles. The van der Waals surface area contributed by atoms with Crippen molar-refractivity contribution in [2.45, 2.75) is 71.1 Å². The number of Topliss-reactive ketones (excluding diaryl/α,β-unsaturated/α-hetero) is 1. The third-order valence-corrected chi connectivity index (χ3v) is 4.55. The van der Waals surface area contributed by atoms with E-state index < -0.39 is 5.63 Å². The van der Waals surface area contributed by atoms with E-state index in [-0.39, 0.29) is 17.1 Å². The Kier molecular flexibility index (Phi) is 7.71. The smallest absolute Gasteiger partial charge is 0.339 e. The molecule has 136 valence electrons. The zero-order valence-electron chi connectivity index (χ0n) is 15.1. The molecular weight excluding hydrogens is 316 g/mol. The molecule has 0 aliphatic carbocycles. The highest BCUT2D eigenvalue weighted by molar-refractivity contribution is 5.99. The highest BCUT2D eigenvalue weighted by atomic mass is 16.4. The second-order valence-electron chi connectivity index (χ2n) is 6.66. The molecule has 25 heavy (non-hydrogen) atoms. The van der Waals surface area contributed by atoms with Crippen LogP contribution in [0.3, 0.4) is 0 Å². The minimum atomic E-state index is -0.617. The Morgan fingerprint density at radius 2 is 1.60 bits per heavy atom. The fourth-order valence-corrected chi connectivity index (χ4v) is 3.06. The number of fused-ring (bicyclic) bond motifs is 1. The van der Waals surface area contributed by atoms with Crippen LogP contribution in [0.1, 0.15) is 81.5 Å². The molecule has 0 aliphatic heterocycles. The summed E-state index contributed by atoms with van der Waals surface area (Å²) in [7, 11) is 0. The molecule has 0 aliphatic rings. The Morgan fingerprint density at radius 3 is 2.28 bits per heavy atom. The summed E-state index contributed by atoms with van der Waals surface area (Å²) in [6.45, 7) is 2.23. The molecule has 0 atom stereocenters. The van der Waals surface area contributed by atoms with Gasteiger partial charge >= 0.3 is 5.63 Å². The van der Waals surface area contributed by atoms with Gasteiger partial charge < -0.3 is 9.52 Å². The Bertz CT molecular complexity index is 745. The number of rotatable bonds is 11. The maximum absolute atomic E-state index is 12.3. The van der Waals surface area contributed by atoms with Crippen molar-refractivity contribution in [3.8, 4) is 5.75 Å². The number of unbranched alkanes of at least 4 members (excludes halogenated alkanes) is 8. The van der Waals surface area contributed by atoms with Crippen molar-refractivity contribution in [2.24, 2.45) is 0 Å². The molecule has 4 nitrogen and oxygen atoms in total. The lowest BCUT2D eigenvalue weighted by molar-refractivity contribution is 0.0979. The SMILES string of the molecule is CCCCCCCCCCCC(=O)c1ccc2c(O)cc(=O)oc2c1. The highest BCUT2D eigenvalue weighted by Gasteiger charge is 2.10. The summed E-state index contributed by atoms with van der Waals surface area (Å²) in [6.07, 6.45) is 11.4. The van der Waals surface area contributed by atoms with Crippen LogP contribution in [0, 0.1) is 0 Å². The van der Waals surface area contributed by atoms with Gasteiger partial charge in [0.05, 0.1) is 11.5 Å². The third-order valence-electron chi connectivity index (χ3n) is 4.55. The van der Waals surface area contributed by atoms with Gasteiger partial charge in [-0.15, -0.1) is 0 Å². The van der Waals surface area contributed by atoms with E-state index in [0.717, 1.165) is 18.9 Å². The predicted molar refractivity (Wildman–Crippen MR) is 100 cm³/mol. The summed E-state index contributed by atoms with van der Waals surface area (Å²) in [5, 5.41) is 10.2. The second-order valence-corrected chi connectivity index (χ2v) is 6.66. The van der Waals surface area contributed by atoms with Crippen molar-refractivity contribution in [3.63, 3.8) is 0 Å². The van der Waals surface area contributed by atoms with Crippen molar-refractivity contribution in [1.82, 2.24) is 0 Å². The molecule has 4 heteroatoms. The Hall–Kier alpha value is -2.10. The molecule has 1 aromatic carbocycles. The van der Waals surface area contributed by atoms with Crippen molar-refractivity contribution in [2.75, 3.05) is 0 Å². The van der Waals surface area contributed by atoms with Gasteiger partial charge in [-0.1, -0.05) is 64.4 Å². The van der Waals surface area contributed by atoms with Crippen molar-refractivity contribution < 1.29 is 14.3 Å². The number of ketones is 1. The molecular formula is C21H28O4. The maximum atomic E-state index is 12.3. The van der Waals surface area contributed by atoms with E-state index in [4.69, 9.17) is 4.42 Å². The average molecular weight is 344 g/mol. The summed E-state index contributed by atoms with van der Waals surface area (Å²) in [6, 6.07) is 5.88. The van der Waals surface area contributed by atoms with Gasteiger partial charge in [0.25, 0.3) is 0 Å². The molecule has 0 bridgehead atoms. The van der Waals surface area contributed by atoms with E-state index >= 15 is 0 Å². The molecule has 0 amide bonds. The normalized spacial score (nSPS) is 11.1. The van der Waals surface area contributed by atoms with E-state index in [9.17, 15) is 14.7 Å². The van der Waals surface area contributed by atoms with Gasteiger partial charge in [0, 0.05) is 12.0 Å². The van der Waals surface area contributed by atoms with Gasteiger partial charge in [0.2, 0.25) is 0 Å². The summed E-state index contributed by atoms with van der Waals surface area (Å²) in [5.74, 6) is -0.0694. The van der Waals surface area contributed by atoms with Gasteiger partial charge in [0.1, 0.15) is 11.3 Å². The molecule has 0 radical (unpaired) electrons. The predicted octanol–water partition coefficient (Wildman–Crippen LogP) is 5.60. The van der Waals surface area contributed by atoms with Gasteiger partial charge in [-0.05, 0) is 18.6 Å². The van der Waals surface area contributed by atoms with Crippen molar-refractivity contribution in [1.29, 1.82) is 0 Å². The van der Waals surface area contributed by atoms with Crippen LogP contribution in [-0.4, -0.2) is 10.9 Å². The van der Waals surface area contributed by atoms with Crippen LogP contribution in [0.5, 0.6) is 5.75 Å². The first-order chi connectivity index (χ1) is 12.1. The van der Waals surface area contributed by atoms with Gasteiger partial charge in [-0.3, -0.25) is 4.79 Å². The van der Waals surface area contributed by atoms with Crippen molar-refractivity contribution in [3.05, 3.63) is 40.2 Å². The number of carbonyl (C=O) groups excluding carboxylic acids is 1. The van der Waals surface area contributed by atoms with E-state index in [0.29, 0.717) is 17.4 Å². The summed E-state index contributed by atoms with van der Waals surface area (Å²) < 4.78 is 5.06. The molecule has 2 rings (SSSR count). The van der Waals surface area contributed by atoms with Crippen LogP contribution >= 0.6 is 0 Å².